The molecule has 0 radical (unpaired) electrons. The Kier molecular flexibility index (Phi) is 3.42. The first kappa shape index (κ1) is 7.61. The second kappa shape index (κ2) is 3.59. The highest BCUT2D eigenvalue weighted by atomic mass is 32.1. The maximum absolute atomic E-state index is 8.25. The number of hydrazine groups is 1. The molecule has 0 saturated carbocycles. The summed E-state index contributed by atoms with van der Waals surface area (Å²) in [5, 5.41) is 9.45. The summed E-state index contributed by atoms with van der Waals surface area (Å²) in [7, 11) is 0. The lowest BCUT2D eigenvalue weighted by molar-refractivity contribution is 0.252. The lowest BCUT2D eigenvalue weighted by atomic mass is 10.7. The quantitative estimate of drug-likeness (QED) is 0.241. The van der Waals surface area contributed by atoms with Crippen LogP contribution in [0.5, 0.6) is 0 Å². The molecule has 0 fully saturated rings. The van der Waals surface area contributed by atoms with Crippen molar-refractivity contribution in [3.8, 4) is 0 Å². The molecule has 4 nitrogen and oxygen atoms in total. The van der Waals surface area contributed by atoms with Crippen LogP contribution in [0.3, 0.4) is 0 Å². The molecule has 5 heteroatoms. The van der Waals surface area contributed by atoms with Crippen LogP contribution in [-0.4, -0.2) is 28.4 Å². The number of thiocarbonyl (C=S) groups is 1. The van der Waals surface area contributed by atoms with Gasteiger partial charge in [0.25, 0.3) is 0 Å². The highest BCUT2D eigenvalue weighted by Gasteiger charge is 1.94. The van der Waals surface area contributed by atoms with Gasteiger partial charge in [-0.05, 0) is 12.2 Å². The Morgan fingerprint density at radius 3 is 2.38 bits per heavy atom. The van der Waals surface area contributed by atoms with Crippen LogP contribution in [0.15, 0.2) is 0 Å². The van der Waals surface area contributed by atoms with Gasteiger partial charge in [0.2, 0.25) is 0 Å². The smallest absolute Gasteiger partial charge is 0.180 e. The molecule has 0 saturated heterocycles. The van der Waals surface area contributed by atoms with Crippen molar-refractivity contribution < 1.29 is 5.11 Å². The maximum atomic E-state index is 8.25. The fraction of sp³-hybridized carbons (Fsp3) is 0.667. The van der Waals surface area contributed by atoms with Crippen molar-refractivity contribution in [3.63, 3.8) is 0 Å². The van der Waals surface area contributed by atoms with E-state index < -0.39 is 0 Å². The Balaban J connectivity index is 3.32. The zero-order valence-electron chi connectivity index (χ0n) is 4.37. The Hall–Kier alpha value is -0.390. The number of rotatable bonds is 2. The zero-order chi connectivity index (χ0) is 6.57. The number of nitrogens with zero attached hydrogens (tertiary/aromatic N) is 1. The van der Waals surface area contributed by atoms with Crippen LogP contribution in [0, 0.1) is 0 Å². The van der Waals surface area contributed by atoms with Gasteiger partial charge >= 0.3 is 0 Å². The second-order valence-electron chi connectivity index (χ2n) is 1.26. The predicted molar refractivity (Wildman–Crippen MR) is 34.8 cm³/mol. The number of aliphatic hydroxyl groups excluding tert-OH is 1. The van der Waals surface area contributed by atoms with Crippen LogP contribution >= 0.6 is 12.2 Å². The van der Waals surface area contributed by atoms with Crippen molar-refractivity contribution in [2.24, 2.45) is 11.6 Å². The molecule has 0 aliphatic rings. The third kappa shape index (κ3) is 2.73. The van der Waals surface area contributed by atoms with E-state index in [2.05, 4.69) is 12.2 Å². The van der Waals surface area contributed by atoms with Crippen molar-refractivity contribution in [1.82, 2.24) is 5.01 Å². The van der Waals surface area contributed by atoms with Gasteiger partial charge in [0.15, 0.2) is 5.11 Å². The summed E-state index contributed by atoms with van der Waals surface area (Å²) in [6, 6.07) is 0. The van der Waals surface area contributed by atoms with E-state index in [1.54, 1.807) is 0 Å². The van der Waals surface area contributed by atoms with E-state index in [4.69, 9.17) is 16.7 Å². The van der Waals surface area contributed by atoms with E-state index in [1.165, 1.54) is 0 Å². The monoisotopic (exact) mass is 135 g/mol. The van der Waals surface area contributed by atoms with Gasteiger partial charge in [0.05, 0.1) is 13.2 Å². The summed E-state index contributed by atoms with van der Waals surface area (Å²) in [5.74, 6) is 5.13. The summed E-state index contributed by atoms with van der Waals surface area (Å²) in [6.07, 6.45) is 0. The highest BCUT2D eigenvalue weighted by Crippen LogP contribution is 1.72. The lowest BCUT2D eigenvalue weighted by Crippen LogP contribution is -2.42. The Morgan fingerprint density at radius 1 is 1.75 bits per heavy atom. The van der Waals surface area contributed by atoms with E-state index >= 15 is 0 Å². The standard InChI is InChI=1S/C3H9N3OS/c4-3(8)6(5)1-2-7/h7H,1-2,5H2,(H2,4,8). The van der Waals surface area contributed by atoms with Crippen LogP contribution in [0.2, 0.25) is 0 Å². The predicted octanol–water partition coefficient (Wildman–Crippen LogP) is -1.60. The van der Waals surface area contributed by atoms with Gasteiger partial charge in [0.1, 0.15) is 0 Å². The molecular formula is C3H9N3OS. The Bertz CT molecular complexity index is 86.6. The van der Waals surface area contributed by atoms with Gasteiger partial charge in [-0.15, -0.1) is 0 Å². The van der Waals surface area contributed by atoms with Crippen molar-refractivity contribution in [2.45, 2.75) is 0 Å². The minimum absolute atomic E-state index is 0.0339. The van der Waals surface area contributed by atoms with E-state index in [0.29, 0.717) is 0 Å². The number of aliphatic hydroxyl groups is 1. The maximum Gasteiger partial charge on any atom is 0.180 e. The van der Waals surface area contributed by atoms with Gasteiger partial charge < -0.3 is 10.8 Å². The topological polar surface area (TPSA) is 75.5 Å². The van der Waals surface area contributed by atoms with E-state index in [-0.39, 0.29) is 18.3 Å². The number of hydrogen-bond acceptors (Lipinski definition) is 3. The molecule has 0 rings (SSSR count). The van der Waals surface area contributed by atoms with Crippen LogP contribution in [-0.2, 0) is 0 Å². The van der Waals surface area contributed by atoms with Gasteiger partial charge in [-0.1, -0.05) is 0 Å². The lowest BCUT2D eigenvalue weighted by Gasteiger charge is -2.12. The van der Waals surface area contributed by atoms with Crippen LogP contribution in [0.1, 0.15) is 0 Å². The minimum Gasteiger partial charge on any atom is -0.394 e. The average Bonchev–Trinajstić information content (AvgIpc) is 1.67. The van der Waals surface area contributed by atoms with Gasteiger partial charge in [0, 0.05) is 0 Å². The average molecular weight is 135 g/mol. The Morgan fingerprint density at radius 2 is 2.25 bits per heavy atom. The molecule has 0 aromatic heterocycles. The van der Waals surface area contributed by atoms with Crippen LogP contribution in [0.25, 0.3) is 0 Å². The van der Waals surface area contributed by atoms with Crippen molar-refractivity contribution in [3.05, 3.63) is 0 Å². The zero-order valence-corrected chi connectivity index (χ0v) is 5.19. The van der Waals surface area contributed by atoms with Crippen molar-refractivity contribution in [2.75, 3.05) is 13.2 Å². The van der Waals surface area contributed by atoms with E-state index in [9.17, 15) is 0 Å². The molecule has 0 bridgehead atoms. The molecule has 48 valence electrons. The molecule has 0 aliphatic carbocycles. The fourth-order valence-electron chi connectivity index (χ4n) is 0.218. The first-order valence-electron chi connectivity index (χ1n) is 2.11. The molecule has 0 unspecified atom stereocenters. The van der Waals surface area contributed by atoms with Crippen molar-refractivity contribution in [1.29, 1.82) is 0 Å². The third-order valence-electron chi connectivity index (χ3n) is 0.624. The second-order valence-corrected chi connectivity index (χ2v) is 1.67. The molecule has 0 spiro atoms. The normalized spacial score (nSPS) is 8.75. The van der Waals surface area contributed by atoms with Gasteiger partial charge in [-0.3, -0.25) is 5.01 Å². The van der Waals surface area contributed by atoms with Gasteiger partial charge in [-0.2, -0.15) is 0 Å². The molecular weight excluding hydrogens is 126 g/mol. The highest BCUT2D eigenvalue weighted by molar-refractivity contribution is 7.80. The van der Waals surface area contributed by atoms with E-state index in [0.717, 1.165) is 5.01 Å². The SMILES string of the molecule is NC(=S)N(N)CCO. The summed E-state index contributed by atoms with van der Waals surface area (Å²) in [5.41, 5.74) is 5.04. The number of nitrogens with two attached hydrogens (primary N) is 2. The molecule has 5 N–H and O–H groups in total. The molecule has 0 heterocycles. The summed E-state index contributed by atoms with van der Waals surface area (Å²) in [4.78, 5) is 0. The molecule has 8 heavy (non-hydrogen) atoms. The third-order valence-corrected chi connectivity index (χ3v) is 0.858. The van der Waals surface area contributed by atoms with Crippen molar-refractivity contribution >= 4 is 17.3 Å². The molecule has 0 atom stereocenters. The first-order chi connectivity index (χ1) is 3.68. The summed E-state index contributed by atoms with van der Waals surface area (Å²) in [6.45, 7) is 0.253. The molecule has 0 aliphatic heterocycles. The van der Waals surface area contributed by atoms with E-state index in [1.807, 2.05) is 0 Å². The van der Waals surface area contributed by atoms with Gasteiger partial charge in [-0.25, -0.2) is 5.84 Å². The Labute approximate surface area is 53.0 Å². The summed E-state index contributed by atoms with van der Waals surface area (Å²) >= 11 is 4.45. The largest absolute Gasteiger partial charge is 0.394 e. The summed E-state index contributed by atoms with van der Waals surface area (Å²) < 4.78 is 0. The number of hydrogen-bond donors (Lipinski definition) is 3. The minimum atomic E-state index is -0.0339. The molecule has 0 amide bonds. The molecule has 0 aromatic carbocycles. The fourth-order valence-corrected chi connectivity index (χ4v) is 0.309. The van der Waals surface area contributed by atoms with Crippen LogP contribution < -0.4 is 11.6 Å². The van der Waals surface area contributed by atoms with Crippen LogP contribution in [0.4, 0.5) is 0 Å². The first-order valence-corrected chi connectivity index (χ1v) is 2.52. The molecule has 0 aromatic rings.